The highest BCUT2D eigenvalue weighted by Crippen LogP contribution is 2.33. The Hall–Kier alpha value is -2.25. The minimum Gasteiger partial charge on any atom is -0.494 e. The second kappa shape index (κ2) is 7.33. The third-order valence-electron chi connectivity index (χ3n) is 3.89. The summed E-state index contributed by atoms with van der Waals surface area (Å²) >= 11 is 0. The van der Waals surface area contributed by atoms with Gasteiger partial charge in [0.2, 0.25) is 10.0 Å². The van der Waals surface area contributed by atoms with E-state index in [1.54, 1.807) is 13.1 Å². The van der Waals surface area contributed by atoms with E-state index in [1.807, 2.05) is 31.2 Å². The van der Waals surface area contributed by atoms with Gasteiger partial charge in [-0.2, -0.15) is 4.31 Å². The summed E-state index contributed by atoms with van der Waals surface area (Å²) in [5.41, 5.74) is 0.813. The van der Waals surface area contributed by atoms with Gasteiger partial charge in [-0.25, -0.2) is 8.42 Å². The summed E-state index contributed by atoms with van der Waals surface area (Å²) < 4.78 is 43.6. The molecule has 0 radical (unpaired) electrons. The maximum Gasteiger partial charge on any atom is 0.243 e. The molecule has 2 aromatic rings. The number of fused-ring (bicyclic) bond motifs is 1. The van der Waals surface area contributed by atoms with E-state index in [2.05, 4.69) is 0 Å². The van der Waals surface area contributed by atoms with Crippen molar-refractivity contribution in [3.8, 4) is 17.2 Å². The summed E-state index contributed by atoms with van der Waals surface area (Å²) in [4.78, 5) is 0.174. The minimum atomic E-state index is -3.66. The molecule has 0 saturated carbocycles. The van der Waals surface area contributed by atoms with Crippen molar-refractivity contribution in [1.82, 2.24) is 4.31 Å². The predicted octanol–water partition coefficient (Wildman–Crippen LogP) is 2.68. The third-order valence-corrected chi connectivity index (χ3v) is 5.69. The highest BCUT2D eigenvalue weighted by atomic mass is 32.2. The number of hydrogen-bond donors (Lipinski definition) is 0. The molecule has 0 saturated heterocycles. The van der Waals surface area contributed by atoms with Crippen molar-refractivity contribution in [2.45, 2.75) is 18.4 Å². The number of ether oxygens (including phenoxy) is 3. The molecule has 0 atom stereocenters. The standard InChI is InChI=1S/C18H21NO5S/c1-3-22-16-7-5-4-6-14(16)13-19(2)25(20,21)15-8-9-17-18(12-15)24-11-10-23-17/h4-9,12H,3,10-11,13H2,1-2H3. The van der Waals surface area contributed by atoms with E-state index in [0.717, 1.165) is 5.56 Å². The number of rotatable bonds is 6. The first-order chi connectivity index (χ1) is 12.0. The van der Waals surface area contributed by atoms with Gasteiger partial charge in [0.25, 0.3) is 0 Å². The van der Waals surface area contributed by atoms with Gasteiger partial charge in [-0.3, -0.25) is 0 Å². The molecular formula is C18H21NO5S. The minimum absolute atomic E-state index is 0.174. The van der Waals surface area contributed by atoms with Gasteiger partial charge in [0.15, 0.2) is 11.5 Å². The molecule has 0 aliphatic carbocycles. The quantitative estimate of drug-likeness (QED) is 0.789. The Morgan fingerprint density at radius 3 is 2.56 bits per heavy atom. The van der Waals surface area contributed by atoms with Crippen LogP contribution in [-0.4, -0.2) is 39.6 Å². The molecule has 134 valence electrons. The molecule has 0 amide bonds. The highest BCUT2D eigenvalue weighted by molar-refractivity contribution is 7.89. The summed E-state index contributed by atoms with van der Waals surface area (Å²) in [5.74, 6) is 1.71. The van der Waals surface area contributed by atoms with Crippen molar-refractivity contribution in [2.75, 3.05) is 26.9 Å². The SMILES string of the molecule is CCOc1ccccc1CN(C)S(=O)(=O)c1ccc2c(c1)OCCO2. The van der Waals surface area contributed by atoms with Crippen LogP contribution in [0.15, 0.2) is 47.4 Å². The monoisotopic (exact) mass is 363 g/mol. The van der Waals surface area contributed by atoms with Gasteiger partial charge in [-0.15, -0.1) is 0 Å². The number of hydrogen-bond acceptors (Lipinski definition) is 5. The lowest BCUT2D eigenvalue weighted by Gasteiger charge is -2.22. The molecule has 7 heteroatoms. The summed E-state index contributed by atoms with van der Waals surface area (Å²) in [5, 5.41) is 0. The lowest BCUT2D eigenvalue weighted by Crippen LogP contribution is -2.27. The van der Waals surface area contributed by atoms with E-state index in [1.165, 1.54) is 16.4 Å². The van der Waals surface area contributed by atoms with Crippen LogP contribution in [0.3, 0.4) is 0 Å². The van der Waals surface area contributed by atoms with Gasteiger partial charge in [0, 0.05) is 25.2 Å². The lowest BCUT2D eigenvalue weighted by atomic mass is 10.2. The van der Waals surface area contributed by atoms with Gasteiger partial charge >= 0.3 is 0 Å². The molecule has 0 spiro atoms. The van der Waals surface area contributed by atoms with E-state index < -0.39 is 10.0 Å². The molecule has 0 unspecified atom stereocenters. The van der Waals surface area contributed by atoms with Gasteiger partial charge in [-0.1, -0.05) is 18.2 Å². The third kappa shape index (κ3) is 3.72. The van der Waals surface area contributed by atoms with Crippen LogP contribution in [-0.2, 0) is 16.6 Å². The van der Waals surface area contributed by atoms with E-state index in [4.69, 9.17) is 14.2 Å². The predicted molar refractivity (Wildman–Crippen MR) is 93.7 cm³/mol. The first kappa shape index (κ1) is 17.6. The van der Waals surface area contributed by atoms with E-state index in [0.29, 0.717) is 37.1 Å². The largest absolute Gasteiger partial charge is 0.494 e. The highest BCUT2D eigenvalue weighted by Gasteiger charge is 2.24. The van der Waals surface area contributed by atoms with Crippen molar-refractivity contribution < 1.29 is 22.6 Å². The zero-order valence-electron chi connectivity index (χ0n) is 14.3. The molecule has 0 bridgehead atoms. The Kier molecular flexibility index (Phi) is 5.15. The van der Waals surface area contributed by atoms with E-state index >= 15 is 0 Å². The maximum atomic E-state index is 12.9. The average Bonchev–Trinajstić information content (AvgIpc) is 2.63. The molecule has 3 rings (SSSR count). The Bertz CT molecular complexity index is 850. The van der Waals surface area contributed by atoms with Crippen LogP contribution >= 0.6 is 0 Å². The van der Waals surface area contributed by atoms with Crippen LogP contribution in [0, 0.1) is 0 Å². The first-order valence-corrected chi connectivity index (χ1v) is 9.53. The van der Waals surface area contributed by atoms with Crippen LogP contribution in [0.2, 0.25) is 0 Å². The Labute approximate surface area is 148 Å². The van der Waals surface area contributed by atoms with Crippen molar-refractivity contribution in [2.24, 2.45) is 0 Å². The van der Waals surface area contributed by atoms with Crippen molar-refractivity contribution in [3.05, 3.63) is 48.0 Å². The van der Waals surface area contributed by atoms with E-state index in [-0.39, 0.29) is 11.4 Å². The Morgan fingerprint density at radius 1 is 1.08 bits per heavy atom. The Morgan fingerprint density at radius 2 is 1.80 bits per heavy atom. The fourth-order valence-electron chi connectivity index (χ4n) is 2.62. The number of benzene rings is 2. The summed E-state index contributed by atoms with van der Waals surface area (Å²) in [6.45, 7) is 3.51. The lowest BCUT2D eigenvalue weighted by molar-refractivity contribution is 0.171. The van der Waals surface area contributed by atoms with Crippen LogP contribution in [0.4, 0.5) is 0 Å². The van der Waals surface area contributed by atoms with Gasteiger partial charge in [0.05, 0.1) is 11.5 Å². The van der Waals surface area contributed by atoms with Gasteiger partial charge < -0.3 is 14.2 Å². The zero-order chi connectivity index (χ0) is 17.9. The summed E-state index contributed by atoms with van der Waals surface area (Å²) in [6, 6.07) is 12.1. The molecule has 0 fully saturated rings. The summed E-state index contributed by atoms with van der Waals surface area (Å²) in [6.07, 6.45) is 0. The first-order valence-electron chi connectivity index (χ1n) is 8.09. The molecule has 1 aliphatic heterocycles. The summed E-state index contributed by atoms with van der Waals surface area (Å²) in [7, 11) is -2.11. The molecule has 1 aliphatic rings. The molecule has 2 aromatic carbocycles. The van der Waals surface area contributed by atoms with E-state index in [9.17, 15) is 8.42 Å². The molecule has 25 heavy (non-hydrogen) atoms. The van der Waals surface area contributed by atoms with Crippen LogP contribution in [0.5, 0.6) is 17.2 Å². The average molecular weight is 363 g/mol. The van der Waals surface area contributed by atoms with Gasteiger partial charge in [0.1, 0.15) is 19.0 Å². The smallest absolute Gasteiger partial charge is 0.243 e. The van der Waals surface area contributed by atoms with Crippen molar-refractivity contribution in [3.63, 3.8) is 0 Å². The fraction of sp³-hybridized carbons (Fsp3) is 0.333. The number of sulfonamides is 1. The number of nitrogens with zero attached hydrogens (tertiary/aromatic N) is 1. The molecule has 6 nitrogen and oxygen atoms in total. The van der Waals surface area contributed by atoms with Crippen LogP contribution in [0.1, 0.15) is 12.5 Å². The molecule has 1 heterocycles. The fourth-order valence-corrected chi connectivity index (χ4v) is 3.78. The zero-order valence-corrected chi connectivity index (χ0v) is 15.1. The molecule has 0 N–H and O–H groups in total. The van der Waals surface area contributed by atoms with Crippen molar-refractivity contribution in [1.29, 1.82) is 0 Å². The second-order valence-electron chi connectivity index (χ2n) is 5.61. The topological polar surface area (TPSA) is 65.1 Å². The van der Waals surface area contributed by atoms with Crippen molar-refractivity contribution >= 4 is 10.0 Å². The number of para-hydroxylation sites is 1. The van der Waals surface area contributed by atoms with Crippen LogP contribution < -0.4 is 14.2 Å². The Balaban J connectivity index is 1.85. The maximum absolute atomic E-state index is 12.9. The normalized spacial score (nSPS) is 13.7. The second-order valence-corrected chi connectivity index (χ2v) is 7.65. The molecular weight excluding hydrogens is 342 g/mol. The van der Waals surface area contributed by atoms with Gasteiger partial charge in [-0.05, 0) is 25.1 Å². The van der Waals surface area contributed by atoms with Crippen LogP contribution in [0.25, 0.3) is 0 Å². The molecule has 0 aromatic heterocycles.